The zero-order valence-corrected chi connectivity index (χ0v) is 10.7. The Morgan fingerprint density at radius 1 is 1.44 bits per heavy atom. The summed E-state index contributed by atoms with van der Waals surface area (Å²) in [5, 5.41) is 15.7. The summed E-state index contributed by atoms with van der Waals surface area (Å²) in [6, 6.07) is 7.96. The lowest BCUT2D eigenvalue weighted by Gasteiger charge is -2.25. The molecule has 0 aromatic heterocycles. The number of rotatable bonds is 3. The number of aliphatic hydroxyl groups excluding tert-OH is 1. The van der Waals surface area contributed by atoms with Crippen LogP contribution in [0.5, 0.6) is 0 Å². The molecule has 16 heavy (non-hydrogen) atoms. The molecule has 0 aliphatic heterocycles. The van der Waals surface area contributed by atoms with E-state index in [0.29, 0.717) is 5.11 Å². The Labute approximate surface area is 102 Å². The van der Waals surface area contributed by atoms with Crippen LogP contribution in [0.1, 0.15) is 19.4 Å². The maximum absolute atomic E-state index is 9.10. The smallest absolute Gasteiger partial charge is 0.171 e. The largest absolute Gasteiger partial charge is 0.394 e. The van der Waals surface area contributed by atoms with Gasteiger partial charge in [-0.05, 0) is 50.7 Å². The number of hydrogen-bond donors (Lipinski definition) is 3. The van der Waals surface area contributed by atoms with E-state index in [4.69, 9.17) is 17.3 Å². The zero-order valence-electron chi connectivity index (χ0n) is 9.87. The summed E-state index contributed by atoms with van der Waals surface area (Å²) >= 11 is 5.16. The third-order valence-electron chi connectivity index (χ3n) is 2.12. The topological polar surface area (TPSA) is 44.3 Å². The minimum Gasteiger partial charge on any atom is -0.394 e. The van der Waals surface area contributed by atoms with Gasteiger partial charge in [0, 0.05) is 5.69 Å². The maximum atomic E-state index is 9.10. The third-order valence-corrected chi connectivity index (χ3v) is 2.33. The van der Waals surface area contributed by atoms with E-state index in [0.717, 1.165) is 5.69 Å². The van der Waals surface area contributed by atoms with Crippen LogP contribution in [0.3, 0.4) is 0 Å². The molecule has 3 N–H and O–H groups in total. The van der Waals surface area contributed by atoms with Gasteiger partial charge in [-0.2, -0.15) is 0 Å². The molecule has 1 aromatic carbocycles. The number of benzene rings is 1. The van der Waals surface area contributed by atoms with Crippen LogP contribution < -0.4 is 10.6 Å². The Morgan fingerprint density at radius 3 is 2.69 bits per heavy atom. The van der Waals surface area contributed by atoms with Gasteiger partial charge in [0.1, 0.15) is 0 Å². The first kappa shape index (κ1) is 12.9. The van der Waals surface area contributed by atoms with Gasteiger partial charge in [0.05, 0.1) is 12.1 Å². The molecule has 88 valence electrons. The van der Waals surface area contributed by atoms with Gasteiger partial charge in [-0.25, -0.2) is 0 Å². The molecule has 0 atom stereocenters. The van der Waals surface area contributed by atoms with Crippen LogP contribution in [-0.4, -0.2) is 22.4 Å². The van der Waals surface area contributed by atoms with E-state index >= 15 is 0 Å². The lowest BCUT2D eigenvalue weighted by molar-refractivity contribution is 0.207. The van der Waals surface area contributed by atoms with Gasteiger partial charge in [-0.15, -0.1) is 0 Å². The van der Waals surface area contributed by atoms with Crippen molar-refractivity contribution in [2.24, 2.45) is 0 Å². The molecule has 1 aromatic rings. The fourth-order valence-electron chi connectivity index (χ4n) is 1.23. The van der Waals surface area contributed by atoms with E-state index in [2.05, 4.69) is 10.6 Å². The van der Waals surface area contributed by atoms with Gasteiger partial charge in [0.25, 0.3) is 0 Å². The molecule has 0 aliphatic carbocycles. The van der Waals surface area contributed by atoms with E-state index in [1.54, 1.807) is 0 Å². The second-order valence-corrected chi connectivity index (χ2v) is 4.90. The van der Waals surface area contributed by atoms with Crippen molar-refractivity contribution in [3.8, 4) is 0 Å². The fourth-order valence-corrected chi connectivity index (χ4v) is 1.63. The molecule has 0 radical (unpaired) electrons. The van der Waals surface area contributed by atoms with Crippen molar-refractivity contribution < 1.29 is 5.11 Å². The first-order chi connectivity index (χ1) is 7.43. The average molecular weight is 238 g/mol. The fraction of sp³-hybridized carbons (Fsp3) is 0.417. The summed E-state index contributed by atoms with van der Waals surface area (Å²) in [6.07, 6.45) is 0. The number of aryl methyl sites for hydroxylation is 1. The summed E-state index contributed by atoms with van der Waals surface area (Å²) in [7, 11) is 0. The molecule has 0 fully saturated rings. The highest BCUT2D eigenvalue weighted by Crippen LogP contribution is 2.10. The molecular weight excluding hydrogens is 220 g/mol. The van der Waals surface area contributed by atoms with Crippen LogP contribution in [0.4, 0.5) is 5.69 Å². The lowest BCUT2D eigenvalue weighted by atomic mass is 10.1. The summed E-state index contributed by atoms with van der Waals surface area (Å²) in [5.41, 5.74) is 1.72. The van der Waals surface area contributed by atoms with Crippen LogP contribution >= 0.6 is 12.2 Å². The van der Waals surface area contributed by atoms with E-state index in [1.807, 2.05) is 45.0 Å². The van der Waals surface area contributed by atoms with Crippen LogP contribution in [-0.2, 0) is 0 Å². The number of anilines is 1. The predicted molar refractivity (Wildman–Crippen MR) is 71.7 cm³/mol. The third kappa shape index (κ3) is 4.16. The van der Waals surface area contributed by atoms with E-state index < -0.39 is 5.54 Å². The number of hydrogen-bond acceptors (Lipinski definition) is 2. The monoisotopic (exact) mass is 238 g/mol. The van der Waals surface area contributed by atoms with Crippen LogP contribution in [0.15, 0.2) is 24.3 Å². The Morgan fingerprint density at radius 2 is 2.12 bits per heavy atom. The summed E-state index contributed by atoms with van der Waals surface area (Å²) in [5.74, 6) is 0. The Hall–Kier alpha value is -1.13. The van der Waals surface area contributed by atoms with Crippen LogP contribution in [0.25, 0.3) is 0 Å². The Kier molecular flexibility index (Phi) is 4.26. The number of thiocarbonyl (C=S) groups is 1. The normalized spacial score (nSPS) is 11.0. The summed E-state index contributed by atoms with van der Waals surface area (Å²) in [6.45, 7) is 5.83. The first-order valence-electron chi connectivity index (χ1n) is 5.20. The second-order valence-electron chi connectivity index (χ2n) is 4.49. The molecule has 0 heterocycles. The molecule has 0 saturated carbocycles. The molecule has 0 aliphatic rings. The van der Waals surface area contributed by atoms with Crippen molar-refractivity contribution in [3.05, 3.63) is 29.8 Å². The van der Waals surface area contributed by atoms with Gasteiger partial charge in [-0.1, -0.05) is 12.1 Å². The van der Waals surface area contributed by atoms with Gasteiger partial charge >= 0.3 is 0 Å². The molecular formula is C12H18N2OS. The second kappa shape index (κ2) is 5.27. The first-order valence-corrected chi connectivity index (χ1v) is 5.60. The lowest BCUT2D eigenvalue weighted by Crippen LogP contribution is -2.47. The molecule has 3 nitrogen and oxygen atoms in total. The van der Waals surface area contributed by atoms with E-state index in [-0.39, 0.29) is 6.61 Å². The number of nitrogens with one attached hydrogen (secondary N) is 2. The molecule has 1 rings (SSSR count). The molecule has 0 unspecified atom stereocenters. The van der Waals surface area contributed by atoms with Gasteiger partial charge in [-0.3, -0.25) is 0 Å². The van der Waals surface area contributed by atoms with Crippen LogP contribution in [0.2, 0.25) is 0 Å². The minimum atomic E-state index is -0.409. The SMILES string of the molecule is Cc1cccc(NC(=S)NC(C)(C)CO)c1. The van der Waals surface area contributed by atoms with Gasteiger partial charge < -0.3 is 15.7 Å². The van der Waals surface area contributed by atoms with Gasteiger partial charge in [0.2, 0.25) is 0 Å². The summed E-state index contributed by atoms with van der Waals surface area (Å²) in [4.78, 5) is 0. The standard InChI is InChI=1S/C12H18N2OS/c1-9-5-4-6-10(7-9)13-11(16)14-12(2,3)8-15/h4-7,15H,8H2,1-3H3,(H2,13,14,16). The minimum absolute atomic E-state index is 0.0304. The number of aliphatic hydroxyl groups is 1. The van der Waals surface area contributed by atoms with Crippen molar-refractivity contribution in [2.45, 2.75) is 26.3 Å². The molecule has 0 spiro atoms. The van der Waals surface area contributed by atoms with E-state index in [9.17, 15) is 0 Å². The highest BCUT2D eigenvalue weighted by Gasteiger charge is 2.16. The van der Waals surface area contributed by atoms with E-state index in [1.165, 1.54) is 5.56 Å². The molecule has 0 saturated heterocycles. The molecule has 4 heteroatoms. The highest BCUT2D eigenvalue weighted by atomic mass is 32.1. The molecule has 0 amide bonds. The summed E-state index contributed by atoms with van der Waals surface area (Å²) < 4.78 is 0. The van der Waals surface area contributed by atoms with Crippen molar-refractivity contribution >= 4 is 23.0 Å². The quantitative estimate of drug-likeness (QED) is 0.705. The highest BCUT2D eigenvalue weighted by molar-refractivity contribution is 7.80. The molecule has 0 bridgehead atoms. The zero-order chi connectivity index (χ0) is 12.2. The predicted octanol–water partition coefficient (Wildman–Crippen LogP) is 2.05. The van der Waals surface area contributed by atoms with Crippen molar-refractivity contribution in [1.82, 2.24) is 5.32 Å². The van der Waals surface area contributed by atoms with Gasteiger partial charge in [0.15, 0.2) is 5.11 Å². The van der Waals surface area contributed by atoms with Crippen molar-refractivity contribution in [1.29, 1.82) is 0 Å². The Bertz CT molecular complexity index is 377. The van der Waals surface area contributed by atoms with Crippen molar-refractivity contribution in [3.63, 3.8) is 0 Å². The van der Waals surface area contributed by atoms with Crippen molar-refractivity contribution in [2.75, 3.05) is 11.9 Å². The van der Waals surface area contributed by atoms with Crippen LogP contribution in [0, 0.1) is 6.92 Å². The average Bonchev–Trinajstić information content (AvgIpc) is 2.16. The Balaban J connectivity index is 2.59. The maximum Gasteiger partial charge on any atom is 0.171 e.